The summed E-state index contributed by atoms with van der Waals surface area (Å²) in [5.41, 5.74) is 4.29. The Kier molecular flexibility index (Phi) is 5.72. The van der Waals surface area contributed by atoms with Crippen molar-refractivity contribution in [2.24, 2.45) is 0 Å². The highest BCUT2D eigenvalue weighted by Gasteiger charge is 2.20. The Hall–Kier alpha value is -4.18. The summed E-state index contributed by atoms with van der Waals surface area (Å²) in [5.74, 6) is 3.05. The fraction of sp³-hybridized carbons (Fsp3) is 0.133. The first-order chi connectivity index (χ1) is 16.7. The van der Waals surface area contributed by atoms with Crippen LogP contribution in [0.4, 0.5) is 0 Å². The number of fused-ring (bicyclic) bond motifs is 2. The number of rotatable bonds is 6. The van der Waals surface area contributed by atoms with E-state index in [2.05, 4.69) is 60.7 Å². The molecule has 5 aromatic rings. The Balaban J connectivity index is 1.93. The van der Waals surface area contributed by atoms with E-state index in [9.17, 15) is 0 Å². The molecule has 0 saturated heterocycles. The quantitative estimate of drug-likeness (QED) is 0.253. The normalized spacial score (nSPS) is 10.9. The Morgan fingerprint density at radius 1 is 0.412 bits per heavy atom. The van der Waals surface area contributed by atoms with Crippen LogP contribution in [0.1, 0.15) is 0 Å². The van der Waals surface area contributed by atoms with Crippen molar-refractivity contribution < 1.29 is 18.9 Å². The van der Waals surface area contributed by atoms with Crippen molar-refractivity contribution in [3.8, 4) is 45.3 Å². The minimum absolute atomic E-state index is 0.758. The van der Waals surface area contributed by atoms with E-state index in [1.54, 1.807) is 28.4 Å². The highest BCUT2D eigenvalue weighted by molar-refractivity contribution is 6.22. The highest BCUT2D eigenvalue weighted by atomic mass is 16.5. The van der Waals surface area contributed by atoms with Gasteiger partial charge in [0.2, 0.25) is 0 Å². The molecule has 0 aliphatic rings. The maximum Gasteiger partial charge on any atom is 0.130 e. The van der Waals surface area contributed by atoms with Crippen LogP contribution in [0.3, 0.4) is 0 Å². The lowest BCUT2D eigenvalue weighted by Crippen LogP contribution is -1.96. The van der Waals surface area contributed by atoms with Crippen molar-refractivity contribution in [2.75, 3.05) is 28.4 Å². The van der Waals surface area contributed by atoms with Crippen molar-refractivity contribution >= 4 is 21.5 Å². The molecule has 0 aromatic heterocycles. The van der Waals surface area contributed by atoms with E-state index < -0.39 is 0 Å². The van der Waals surface area contributed by atoms with E-state index in [-0.39, 0.29) is 0 Å². The first kappa shape index (κ1) is 21.7. The maximum atomic E-state index is 5.80. The monoisotopic (exact) mass is 450 g/mol. The van der Waals surface area contributed by atoms with Gasteiger partial charge in [-0.05, 0) is 45.8 Å². The number of methoxy groups -OCH3 is 4. The molecule has 0 aliphatic heterocycles. The molecule has 5 rings (SSSR count). The molecule has 0 fully saturated rings. The van der Waals surface area contributed by atoms with E-state index in [1.807, 2.05) is 24.3 Å². The topological polar surface area (TPSA) is 36.9 Å². The number of hydrogen-bond donors (Lipinski definition) is 0. The Morgan fingerprint density at radius 2 is 0.765 bits per heavy atom. The van der Waals surface area contributed by atoms with Crippen LogP contribution in [-0.4, -0.2) is 28.4 Å². The lowest BCUT2D eigenvalue weighted by molar-refractivity contribution is 0.395. The molecule has 0 saturated carbocycles. The van der Waals surface area contributed by atoms with Gasteiger partial charge < -0.3 is 18.9 Å². The third-order valence-corrected chi connectivity index (χ3v) is 6.29. The van der Waals surface area contributed by atoms with Gasteiger partial charge in [0.25, 0.3) is 0 Å². The van der Waals surface area contributed by atoms with E-state index in [1.165, 1.54) is 0 Å². The van der Waals surface area contributed by atoms with Crippen molar-refractivity contribution in [1.82, 2.24) is 0 Å². The van der Waals surface area contributed by atoms with Crippen molar-refractivity contribution in [3.63, 3.8) is 0 Å². The predicted molar refractivity (Wildman–Crippen MR) is 139 cm³/mol. The summed E-state index contributed by atoms with van der Waals surface area (Å²) in [4.78, 5) is 0. The van der Waals surface area contributed by atoms with E-state index >= 15 is 0 Å². The van der Waals surface area contributed by atoms with Crippen LogP contribution in [0.25, 0.3) is 43.8 Å². The summed E-state index contributed by atoms with van der Waals surface area (Å²) >= 11 is 0. The SMILES string of the molecule is COc1ccc(-c2c3ccccc3c(-c3ccc(OC)cc3OC)c3ccccc23)c(OC)c1. The predicted octanol–water partition coefficient (Wildman–Crippen LogP) is 7.36. The van der Waals surface area contributed by atoms with Crippen molar-refractivity contribution in [3.05, 3.63) is 84.9 Å². The van der Waals surface area contributed by atoms with Gasteiger partial charge in [-0.15, -0.1) is 0 Å². The third kappa shape index (κ3) is 3.48. The number of hydrogen-bond acceptors (Lipinski definition) is 4. The number of benzene rings is 5. The van der Waals surface area contributed by atoms with E-state index in [4.69, 9.17) is 18.9 Å². The minimum atomic E-state index is 0.758. The molecule has 0 N–H and O–H groups in total. The van der Waals surface area contributed by atoms with Gasteiger partial charge in [-0.3, -0.25) is 0 Å². The van der Waals surface area contributed by atoms with E-state index in [0.29, 0.717) is 0 Å². The summed E-state index contributed by atoms with van der Waals surface area (Å²) in [6.07, 6.45) is 0. The molecule has 5 aromatic carbocycles. The summed E-state index contributed by atoms with van der Waals surface area (Å²) in [6.45, 7) is 0. The lowest BCUT2D eigenvalue weighted by Gasteiger charge is -2.20. The van der Waals surface area contributed by atoms with Gasteiger partial charge in [0, 0.05) is 34.4 Å². The van der Waals surface area contributed by atoms with Gasteiger partial charge in [0.1, 0.15) is 23.0 Å². The fourth-order valence-corrected chi connectivity index (χ4v) is 4.72. The van der Waals surface area contributed by atoms with Gasteiger partial charge in [-0.1, -0.05) is 48.5 Å². The van der Waals surface area contributed by atoms with Crippen LogP contribution in [0, 0.1) is 0 Å². The smallest absolute Gasteiger partial charge is 0.130 e. The first-order valence-electron chi connectivity index (χ1n) is 11.1. The average molecular weight is 451 g/mol. The molecule has 4 nitrogen and oxygen atoms in total. The van der Waals surface area contributed by atoms with Crippen LogP contribution >= 0.6 is 0 Å². The molecular formula is C30H26O4. The zero-order valence-corrected chi connectivity index (χ0v) is 19.7. The van der Waals surface area contributed by atoms with Crippen LogP contribution in [-0.2, 0) is 0 Å². The standard InChI is InChI=1S/C30H26O4/c1-31-19-13-15-25(27(17-19)33-3)29-21-9-5-7-11-23(21)30(24-12-8-6-10-22(24)29)26-16-14-20(32-2)18-28(26)34-4/h5-18H,1-4H3. The second-order valence-corrected chi connectivity index (χ2v) is 7.97. The van der Waals surface area contributed by atoms with Gasteiger partial charge in [0.15, 0.2) is 0 Å². The molecule has 0 atom stereocenters. The van der Waals surface area contributed by atoms with Crippen molar-refractivity contribution in [2.45, 2.75) is 0 Å². The van der Waals surface area contributed by atoms with Crippen LogP contribution in [0.5, 0.6) is 23.0 Å². The number of ether oxygens (including phenoxy) is 4. The molecule has 4 heteroatoms. The van der Waals surface area contributed by atoms with Crippen LogP contribution in [0.15, 0.2) is 84.9 Å². The molecule has 0 radical (unpaired) electrons. The molecule has 0 amide bonds. The molecule has 0 aliphatic carbocycles. The summed E-state index contributed by atoms with van der Waals surface area (Å²) in [7, 11) is 6.71. The Bertz CT molecular complexity index is 1330. The zero-order valence-electron chi connectivity index (χ0n) is 19.7. The Labute approximate surface area is 199 Å². The second-order valence-electron chi connectivity index (χ2n) is 7.97. The molecule has 0 heterocycles. The molecular weight excluding hydrogens is 424 g/mol. The van der Waals surface area contributed by atoms with Gasteiger partial charge in [0.05, 0.1) is 28.4 Å². The lowest BCUT2D eigenvalue weighted by atomic mass is 9.85. The molecule has 0 unspecified atom stereocenters. The zero-order chi connectivity index (χ0) is 23.7. The fourth-order valence-electron chi connectivity index (χ4n) is 4.72. The highest BCUT2D eigenvalue weighted by Crippen LogP contribution is 2.48. The second kappa shape index (κ2) is 8.99. The van der Waals surface area contributed by atoms with Crippen molar-refractivity contribution in [1.29, 1.82) is 0 Å². The first-order valence-corrected chi connectivity index (χ1v) is 11.1. The van der Waals surface area contributed by atoms with Gasteiger partial charge >= 0.3 is 0 Å². The molecule has 34 heavy (non-hydrogen) atoms. The van der Waals surface area contributed by atoms with Gasteiger partial charge in [-0.25, -0.2) is 0 Å². The summed E-state index contributed by atoms with van der Waals surface area (Å²) < 4.78 is 22.5. The van der Waals surface area contributed by atoms with Crippen LogP contribution < -0.4 is 18.9 Å². The minimum Gasteiger partial charge on any atom is -0.497 e. The van der Waals surface area contributed by atoms with E-state index in [0.717, 1.165) is 66.8 Å². The van der Waals surface area contributed by atoms with Gasteiger partial charge in [-0.2, -0.15) is 0 Å². The molecule has 0 bridgehead atoms. The summed E-state index contributed by atoms with van der Waals surface area (Å²) in [5, 5.41) is 4.55. The largest absolute Gasteiger partial charge is 0.497 e. The third-order valence-electron chi connectivity index (χ3n) is 6.29. The maximum absolute atomic E-state index is 5.80. The average Bonchev–Trinajstić information content (AvgIpc) is 2.91. The van der Waals surface area contributed by atoms with Crippen LogP contribution in [0.2, 0.25) is 0 Å². The Morgan fingerprint density at radius 3 is 1.06 bits per heavy atom. The molecule has 170 valence electrons. The summed E-state index contributed by atoms with van der Waals surface area (Å²) in [6, 6.07) is 28.9. The molecule has 0 spiro atoms.